The predicted octanol–water partition coefficient (Wildman–Crippen LogP) is 4.69. The molecule has 1 fully saturated rings. The molecule has 0 spiro atoms. The molecular formula is C21H13N3O4S2. The first-order valence-electron chi connectivity index (χ1n) is 8.72. The first kappa shape index (κ1) is 19.7. The van der Waals surface area contributed by atoms with Gasteiger partial charge in [0.25, 0.3) is 11.6 Å². The van der Waals surface area contributed by atoms with Crippen LogP contribution in [0, 0.1) is 10.1 Å². The highest BCUT2D eigenvalue weighted by molar-refractivity contribution is 8.26. The predicted molar refractivity (Wildman–Crippen MR) is 121 cm³/mol. The second kappa shape index (κ2) is 8.05. The number of hydrogen-bond donors (Lipinski definition) is 1. The van der Waals surface area contributed by atoms with Crippen molar-refractivity contribution >= 4 is 63.0 Å². The van der Waals surface area contributed by atoms with Crippen molar-refractivity contribution in [2.45, 2.75) is 0 Å². The second-order valence-electron chi connectivity index (χ2n) is 6.27. The van der Waals surface area contributed by atoms with Crippen molar-refractivity contribution in [3.05, 3.63) is 86.8 Å². The monoisotopic (exact) mass is 435 g/mol. The lowest BCUT2D eigenvalue weighted by molar-refractivity contribution is -0.385. The van der Waals surface area contributed by atoms with Crippen LogP contribution < -0.4 is 0 Å². The van der Waals surface area contributed by atoms with Crippen molar-refractivity contribution in [3.8, 4) is 5.75 Å². The highest BCUT2D eigenvalue weighted by Crippen LogP contribution is 2.34. The number of fused-ring (bicyclic) bond motifs is 1. The zero-order valence-electron chi connectivity index (χ0n) is 15.3. The van der Waals surface area contributed by atoms with Crippen LogP contribution in [0.25, 0.3) is 16.8 Å². The van der Waals surface area contributed by atoms with Crippen LogP contribution in [0.3, 0.4) is 0 Å². The zero-order chi connectivity index (χ0) is 21.3. The van der Waals surface area contributed by atoms with E-state index >= 15 is 0 Å². The molecule has 0 aliphatic carbocycles. The van der Waals surface area contributed by atoms with Crippen molar-refractivity contribution in [2.24, 2.45) is 5.10 Å². The van der Waals surface area contributed by atoms with Crippen molar-refractivity contribution in [1.82, 2.24) is 5.01 Å². The maximum Gasteiger partial charge on any atom is 0.286 e. The van der Waals surface area contributed by atoms with Gasteiger partial charge in [0.1, 0.15) is 5.75 Å². The van der Waals surface area contributed by atoms with Crippen LogP contribution in [0.1, 0.15) is 11.1 Å². The van der Waals surface area contributed by atoms with E-state index < -0.39 is 10.8 Å². The number of carbonyl (C=O) groups excluding carboxylic acids is 1. The standard InChI is InChI=1S/C21H13N3O4S2/c25-18-10-9-13-5-1-3-7-15(13)16(18)12-22-23-20(26)19(30-21(23)29)11-14-6-2-4-8-17(14)24(27)28/h1-12,25H/b19-11?,22-12+. The smallest absolute Gasteiger partial charge is 0.286 e. The maximum absolute atomic E-state index is 12.8. The Hall–Kier alpha value is -3.56. The van der Waals surface area contributed by atoms with Crippen LogP contribution in [0.5, 0.6) is 5.75 Å². The van der Waals surface area contributed by atoms with Crippen molar-refractivity contribution in [2.75, 3.05) is 0 Å². The molecule has 0 atom stereocenters. The van der Waals surface area contributed by atoms with Crippen LogP contribution in [-0.4, -0.2) is 31.5 Å². The normalized spacial score (nSPS) is 15.6. The lowest BCUT2D eigenvalue weighted by Gasteiger charge is -2.08. The third kappa shape index (κ3) is 3.68. The number of thiocarbonyl (C=S) groups is 1. The average molecular weight is 435 g/mol. The fraction of sp³-hybridized carbons (Fsp3) is 0. The fourth-order valence-corrected chi connectivity index (χ4v) is 4.18. The van der Waals surface area contributed by atoms with E-state index in [1.54, 1.807) is 30.3 Å². The molecule has 1 heterocycles. The van der Waals surface area contributed by atoms with Gasteiger partial charge >= 0.3 is 0 Å². The summed E-state index contributed by atoms with van der Waals surface area (Å²) >= 11 is 6.27. The van der Waals surface area contributed by atoms with Gasteiger partial charge in [0, 0.05) is 11.6 Å². The third-order valence-corrected chi connectivity index (χ3v) is 5.73. The number of para-hydroxylation sites is 1. The molecule has 7 nitrogen and oxygen atoms in total. The van der Waals surface area contributed by atoms with Crippen LogP contribution >= 0.6 is 24.0 Å². The molecule has 1 aliphatic heterocycles. The average Bonchev–Trinajstić information content (AvgIpc) is 3.00. The molecule has 30 heavy (non-hydrogen) atoms. The molecule has 1 aliphatic rings. The van der Waals surface area contributed by atoms with E-state index in [-0.39, 0.29) is 20.7 Å². The maximum atomic E-state index is 12.8. The Bertz CT molecular complexity index is 1270. The quantitative estimate of drug-likeness (QED) is 0.210. The number of carbonyl (C=O) groups is 1. The highest BCUT2D eigenvalue weighted by atomic mass is 32.2. The minimum absolute atomic E-state index is 0.0262. The minimum atomic E-state index is -0.506. The molecule has 1 N–H and O–H groups in total. The van der Waals surface area contributed by atoms with E-state index in [1.165, 1.54) is 18.4 Å². The molecular weight excluding hydrogens is 422 g/mol. The first-order valence-corrected chi connectivity index (χ1v) is 9.94. The van der Waals surface area contributed by atoms with Gasteiger partial charge in [-0.1, -0.05) is 54.2 Å². The number of thioether (sulfide) groups is 1. The van der Waals surface area contributed by atoms with E-state index in [0.29, 0.717) is 11.1 Å². The summed E-state index contributed by atoms with van der Waals surface area (Å²) in [6, 6.07) is 17.0. The number of nitro benzene ring substituents is 1. The summed E-state index contributed by atoms with van der Waals surface area (Å²) in [4.78, 5) is 23.7. The van der Waals surface area contributed by atoms with Crippen molar-refractivity contribution < 1.29 is 14.8 Å². The van der Waals surface area contributed by atoms with Gasteiger partial charge in [-0.2, -0.15) is 10.1 Å². The van der Waals surface area contributed by atoms with Gasteiger partial charge in [0.05, 0.1) is 21.6 Å². The lowest BCUT2D eigenvalue weighted by atomic mass is 10.0. The molecule has 0 unspecified atom stereocenters. The van der Waals surface area contributed by atoms with E-state index in [1.807, 2.05) is 24.3 Å². The first-order chi connectivity index (χ1) is 14.5. The molecule has 1 amide bonds. The van der Waals surface area contributed by atoms with Crippen LogP contribution in [-0.2, 0) is 4.79 Å². The summed E-state index contributed by atoms with van der Waals surface area (Å²) in [6.07, 6.45) is 2.82. The minimum Gasteiger partial charge on any atom is -0.507 e. The number of nitrogens with zero attached hydrogens (tertiary/aromatic N) is 3. The van der Waals surface area contributed by atoms with Gasteiger partial charge in [0.15, 0.2) is 4.32 Å². The highest BCUT2D eigenvalue weighted by Gasteiger charge is 2.32. The van der Waals surface area contributed by atoms with E-state index in [9.17, 15) is 20.0 Å². The number of amides is 1. The molecule has 1 saturated heterocycles. The van der Waals surface area contributed by atoms with E-state index in [0.717, 1.165) is 27.5 Å². The molecule has 0 saturated carbocycles. The molecule has 0 radical (unpaired) electrons. The zero-order valence-corrected chi connectivity index (χ0v) is 16.9. The summed E-state index contributed by atoms with van der Waals surface area (Å²) in [5.74, 6) is -0.461. The summed E-state index contributed by atoms with van der Waals surface area (Å²) in [5, 5.41) is 28.4. The van der Waals surface area contributed by atoms with Crippen LogP contribution in [0.15, 0.2) is 70.7 Å². The molecule has 3 aromatic rings. The molecule has 0 bridgehead atoms. The Morgan fingerprint density at radius 2 is 1.83 bits per heavy atom. The van der Waals surface area contributed by atoms with Gasteiger partial charge in [-0.05, 0) is 41.2 Å². The summed E-state index contributed by atoms with van der Waals surface area (Å²) in [5.41, 5.74) is 0.662. The van der Waals surface area contributed by atoms with Crippen molar-refractivity contribution in [1.29, 1.82) is 0 Å². The molecule has 9 heteroatoms. The fourth-order valence-electron chi connectivity index (χ4n) is 3.01. The number of phenolic OH excluding ortho intramolecular Hbond substituents is 1. The van der Waals surface area contributed by atoms with Gasteiger partial charge in [0.2, 0.25) is 0 Å². The topological polar surface area (TPSA) is 96.0 Å². The molecule has 3 aromatic carbocycles. The largest absolute Gasteiger partial charge is 0.507 e. The number of hydrogen-bond acceptors (Lipinski definition) is 7. The molecule has 0 aromatic heterocycles. The number of hydrazone groups is 1. The van der Waals surface area contributed by atoms with Gasteiger partial charge in [-0.25, -0.2) is 0 Å². The Morgan fingerprint density at radius 3 is 2.63 bits per heavy atom. The Balaban J connectivity index is 1.67. The van der Waals surface area contributed by atoms with E-state index in [4.69, 9.17) is 12.2 Å². The summed E-state index contributed by atoms with van der Waals surface area (Å²) < 4.78 is 0.195. The van der Waals surface area contributed by atoms with Crippen molar-refractivity contribution in [3.63, 3.8) is 0 Å². The Morgan fingerprint density at radius 1 is 1.10 bits per heavy atom. The van der Waals surface area contributed by atoms with Gasteiger partial charge in [-0.15, -0.1) is 0 Å². The second-order valence-corrected chi connectivity index (χ2v) is 7.95. The number of benzene rings is 3. The number of phenols is 1. The third-order valence-electron chi connectivity index (χ3n) is 4.44. The van der Waals surface area contributed by atoms with Gasteiger partial charge < -0.3 is 5.11 Å². The SMILES string of the molecule is O=C1C(=Cc2ccccc2[N+](=O)[O-])SC(=S)N1/N=C/c1c(O)ccc2ccccc12. The molecule has 4 rings (SSSR count). The lowest BCUT2D eigenvalue weighted by Crippen LogP contribution is -2.22. The van der Waals surface area contributed by atoms with Gasteiger partial charge in [-0.3, -0.25) is 14.9 Å². The Kier molecular flexibility index (Phi) is 5.30. The Labute approximate surface area is 180 Å². The molecule has 148 valence electrons. The van der Waals surface area contributed by atoms with Crippen LogP contribution in [0.4, 0.5) is 5.69 Å². The number of nitro groups is 1. The number of aromatic hydroxyl groups is 1. The summed E-state index contributed by atoms with van der Waals surface area (Å²) in [7, 11) is 0. The summed E-state index contributed by atoms with van der Waals surface area (Å²) in [6.45, 7) is 0. The number of rotatable bonds is 4. The van der Waals surface area contributed by atoms with Crippen LogP contribution in [0.2, 0.25) is 0 Å². The van der Waals surface area contributed by atoms with E-state index in [2.05, 4.69) is 5.10 Å².